The molecule has 2 aliphatic heterocycles. The van der Waals surface area contributed by atoms with Gasteiger partial charge in [0.1, 0.15) is 0 Å². The third-order valence-corrected chi connectivity index (χ3v) is 6.75. The first-order chi connectivity index (χ1) is 14.2. The molecule has 1 saturated heterocycles. The number of carbonyl (C=O) groups is 2. The largest absolute Gasteiger partial charge is 0.394 e. The van der Waals surface area contributed by atoms with Gasteiger partial charge in [0, 0.05) is 36.0 Å². The van der Waals surface area contributed by atoms with Crippen LogP contribution in [0.15, 0.2) is 48.7 Å². The number of amides is 2. The van der Waals surface area contributed by atoms with Gasteiger partial charge in [0.15, 0.2) is 0 Å². The van der Waals surface area contributed by atoms with Gasteiger partial charge >= 0.3 is 0 Å². The minimum Gasteiger partial charge on any atom is -0.394 e. The summed E-state index contributed by atoms with van der Waals surface area (Å²) in [4.78, 5) is 34.1. The molecule has 29 heavy (non-hydrogen) atoms. The fourth-order valence-corrected chi connectivity index (χ4v) is 5.07. The molecule has 3 atom stereocenters. The molecular weight excluding hydrogens is 366 g/mol. The fourth-order valence-electron chi connectivity index (χ4n) is 5.07. The Morgan fingerprint density at radius 2 is 1.90 bits per heavy atom. The van der Waals surface area contributed by atoms with Crippen LogP contribution in [0.2, 0.25) is 0 Å². The number of hydrogen-bond acceptors (Lipinski definition) is 4. The van der Waals surface area contributed by atoms with E-state index in [1.54, 1.807) is 11.1 Å². The van der Waals surface area contributed by atoms with Gasteiger partial charge in [-0.15, -0.1) is 0 Å². The number of pyridine rings is 1. The van der Waals surface area contributed by atoms with Gasteiger partial charge in [-0.1, -0.05) is 30.7 Å². The van der Waals surface area contributed by atoms with Crippen molar-refractivity contribution in [3.8, 4) is 0 Å². The molecule has 150 valence electrons. The zero-order chi connectivity index (χ0) is 20.0. The van der Waals surface area contributed by atoms with E-state index in [0.717, 1.165) is 36.2 Å². The zero-order valence-corrected chi connectivity index (χ0v) is 16.3. The third-order valence-electron chi connectivity index (χ3n) is 6.75. The summed E-state index contributed by atoms with van der Waals surface area (Å²) < 4.78 is 0. The third kappa shape index (κ3) is 2.94. The molecule has 0 radical (unpaired) electrons. The molecule has 3 aliphatic rings. The van der Waals surface area contributed by atoms with Crippen molar-refractivity contribution in [2.45, 2.75) is 43.7 Å². The van der Waals surface area contributed by atoms with Gasteiger partial charge in [0.2, 0.25) is 11.8 Å². The zero-order valence-electron chi connectivity index (χ0n) is 16.3. The molecule has 0 unspecified atom stereocenters. The number of para-hydroxylation sites is 1. The molecule has 2 aromatic rings. The second-order valence-corrected chi connectivity index (χ2v) is 8.28. The first kappa shape index (κ1) is 18.3. The summed E-state index contributed by atoms with van der Waals surface area (Å²) in [5.74, 6) is 0.298. The second-order valence-electron chi connectivity index (χ2n) is 8.28. The molecule has 5 rings (SSSR count). The average molecular weight is 391 g/mol. The van der Waals surface area contributed by atoms with Crippen LogP contribution in [-0.4, -0.2) is 52.0 Å². The number of aromatic nitrogens is 1. The van der Waals surface area contributed by atoms with Crippen LogP contribution in [0, 0.1) is 5.92 Å². The van der Waals surface area contributed by atoms with Crippen LogP contribution in [-0.2, 0) is 16.0 Å². The number of aliphatic hydroxyl groups excluding tert-OH is 1. The Morgan fingerprint density at radius 3 is 2.59 bits per heavy atom. The molecule has 6 heteroatoms. The van der Waals surface area contributed by atoms with Crippen molar-refractivity contribution in [3.05, 3.63) is 59.9 Å². The Bertz CT molecular complexity index is 928. The van der Waals surface area contributed by atoms with Crippen LogP contribution >= 0.6 is 0 Å². The molecule has 1 N–H and O–H groups in total. The summed E-state index contributed by atoms with van der Waals surface area (Å²) in [7, 11) is 0. The standard InChI is InChI=1S/C23H25N3O3/c27-14-20-22-17-9-1-2-10-18(17)25(23(29)15-6-5-7-15)13-19(22)26(20)21(28)12-16-8-3-4-11-24-16/h1-4,8-11,15,19-20,22,27H,5-7,12-14H2/t19-,20-,22+/m0/s1. The molecular formula is C23H25N3O3. The van der Waals surface area contributed by atoms with Gasteiger partial charge in [0.05, 0.1) is 25.1 Å². The summed E-state index contributed by atoms with van der Waals surface area (Å²) in [6.07, 6.45) is 4.90. The topological polar surface area (TPSA) is 73.7 Å². The van der Waals surface area contributed by atoms with Gasteiger partial charge in [-0.3, -0.25) is 14.6 Å². The van der Waals surface area contributed by atoms with E-state index in [1.165, 1.54) is 0 Å². The lowest BCUT2D eigenvalue weighted by molar-refractivity contribution is -0.150. The van der Waals surface area contributed by atoms with E-state index < -0.39 is 0 Å². The van der Waals surface area contributed by atoms with Gasteiger partial charge in [-0.05, 0) is 36.6 Å². The molecule has 2 amide bonds. The molecule has 0 spiro atoms. The van der Waals surface area contributed by atoms with Crippen molar-refractivity contribution < 1.29 is 14.7 Å². The van der Waals surface area contributed by atoms with Crippen LogP contribution in [0.25, 0.3) is 0 Å². The van der Waals surface area contributed by atoms with Crippen LogP contribution in [0.3, 0.4) is 0 Å². The Balaban J connectivity index is 1.44. The van der Waals surface area contributed by atoms with Crippen molar-refractivity contribution in [1.82, 2.24) is 9.88 Å². The summed E-state index contributed by atoms with van der Waals surface area (Å²) in [6.45, 7) is 0.418. The maximum absolute atomic E-state index is 13.1. The number of benzene rings is 1. The predicted molar refractivity (Wildman–Crippen MR) is 108 cm³/mol. The highest BCUT2D eigenvalue weighted by atomic mass is 16.3. The van der Waals surface area contributed by atoms with Crippen molar-refractivity contribution in [2.24, 2.45) is 5.92 Å². The van der Waals surface area contributed by atoms with E-state index in [9.17, 15) is 14.7 Å². The van der Waals surface area contributed by atoms with Crippen molar-refractivity contribution in [2.75, 3.05) is 18.1 Å². The number of nitrogens with zero attached hydrogens (tertiary/aromatic N) is 3. The minimum absolute atomic E-state index is 0.0422. The van der Waals surface area contributed by atoms with Gasteiger partial charge < -0.3 is 14.9 Å². The number of likely N-dealkylation sites (tertiary alicyclic amines) is 1. The van der Waals surface area contributed by atoms with E-state index in [2.05, 4.69) is 4.98 Å². The van der Waals surface area contributed by atoms with Gasteiger partial charge in [-0.25, -0.2) is 0 Å². The number of hydrogen-bond donors (Lipinski definition) is 1. The van der Waals surface area contributed by atoms with E-state index in [1.807, 2.05) is 47.4 Å². The average Bonchev–Trinajstić information content (AvgIpc) is 2.67. The molecule has 1 aliphatic carbocycles. The van der Waals surface area contributed by atoms with Gasteiger partial charge in [0.25, 0.3) is 0 Å². The van der Waals surface area contributed by atoms with Crippen LogP contribution in [0.4, 0.5) is 5.69 Å². The fraction of sp³-hybridized carbons (Fsp3) is 0.435. The first-order valence-electron chi connectivity index (χ1n) is 10.4. The number of anilines is 1. The predicted octanol–water partition coefficient (Wildman–Crippen LogP) is 2.13. The van der Waals surface area contributed by atoms with Crippen molar-refractivity contribution in [3.63, 3.8) is 0 Å². The van der Waals surface area contributed by atoms with E-state index in [-0.39, 0.29) is 48.8 Å². The Kier molecular flexibility index (Phi) is 4.59. The van der Waals surface area contributed by atoms with Crippen LogP contribution < -0.4 is 4.90 Å². The van der Waals surface area contributed by atoms with E-state index in [4.69, 9.17) is 0 Å². The smallest absolute Gasteiger partial charge is 0.230 e. The maximum atomic E-state index is 13.1. The number of carbonyl (C=O) groups excluding carboxylic acids is 2. The SMILES string of the molecule is O=C(C1CCC1)N1C[C@H]2[C@@H](c3ccccc31)[C@H](CO)N2C(=O)Cc1ccccn1. The number of rotatable bonds is 4. The molecule has 1 saturated carbocycles. The highest BCUT2D eigenvalue weighted by molar-refractivity contribution is 5.97. The lowest BCUT2D eigenvalue weighted by Gasteiger charge is -2.59. The Labute approximate surface area is 170 Å². The van der Waals surface area contributed by atoms with Crippen LogP contribution in [0.1, 0.15) is 36.4 Å². The Hall–Kier alpha value is -2.73. The normalized spacial score (nSPS) is 25.5. The van der Waals surface area contributed by atoms with Crippen molar-refractivity contribution in [1.29, 1.82) is 0 Å². The van der Waals surface area contributed by atoms with E-state index in [0.29, 0.717) is 6.54 Å². The molecule has 1 aromatic carbocycles. The second kappa shape index (κ2) is 7.26. The van der Waals surface area contributed by atoms with E-state index >= 15 is 0 Å². The monoisotopic (exact) mass is 391 g/mol. The molecule has 3 heterocycles. The summed E-state index contributed by atoms with van der Waals surface area (Å²) in [5.41, 5.74) is 2.73. The lowest BCUT2D eigenvalue weighted by Crippen LogP contribution is -2.71. The lowest BCUT2D eigenvalue weighted by atomic mass is 9.71. The highest BCUT2D eigenvalue weighted by Gasteiger charge is 2.55. The molecule has 6 nitrogen and oxygen atoms in total. The van der Waals surface area contributed by atoms with Gasteiger partial charge in [-0.2, -0.15) is 0 Å². The first-order valence-corrected chi connectivity index (χ1v) is 10.4. The quantitative estimate of drug-likeness (QED) is 0.867. The molecule has 2 fully saturated rings. The number of aliphatic hydroxyl groups is 1. The maximum Gasteiger partial charge on any atom is 0.230 e. The number of fused-ring (bicyclic) bond motifs is 3. The summed E-state index contributed by atoms with van der Waals surface area (Å²) >= 11 is 0. The molecule has 0 bridgehead atoms. The molecule has 1 aromatic heterocycles. The minimum atomic E-state index is -0.252. The Morgan fingerprint density at radius 1 is 1.10 bits per heavy atom. The summed E-state index contributed by atoms with van der Waals surface area (Å²) in [6, 6.07) is 13.1. The van der Waals surface area contributed by atoms with Crippen LogP contribution in [0.5, 0.6) is 0 Å². The summed E-state index contributed by atoms with van der Waals surface area (Å²) in [5, 5.41) is 10.1. The highest BCUT2D eigenvalue weighted by Crippen LogP contribution is 2.49. The van der Waals surface area contributed by atoms with Crippen molar-refractivity contribution >= 4 is 17.5 Å².